The molecule has 0 rings (SSSR count). The maximum absolute atomic E-state index is 12.9. The van der Waals surface area contributed by atoms with Crippen LogP contribution in [0.25, 0.3) is 0 Å². The topological polar surface area (TPSA) is 108 Å². The molecule has 0 aliphatic carbocycles. The van der Waals surface area contributed by atoms with E-state index in [0.29, 0.717) is 17.4 Å². The van der Waals surface area contributed by atoms with Crippen LogP contribution in [0, 0.1) is 0 Å². The van der Waals surface area contributed by atoms with E-state index in [9.17, 15) is 19.0 Å². The fraction of sp³-hybridized carbons (Fsp3) is 0.763. The van der Waals surface area contributed by atoms with Crippen LogP contribution in [0.15, 0.2) is 97.2 Å². The zero-order chi connectivity index (χ0) is 62.6. The number of phosphoric acid groups is 1. The highest BCUT2D eigenvalue weighted by Crippen LogP contribution is 2.43. The lowest BCUT2D eigenvalue weighted by atomic mass is 10.0. The van der Waals surface area contributed by atoms with Crippen LogP contribution < -0.4 is 0 Å². The summed E-state index contributed by atoms with van der Waals surface area (Å²) in [5.74, 6) is -0.784. The molecule has 0 saturated carbocycles. The van der Waals surface area contributed by atoms with Gasteiger partial charge in [0.15, 0.2) is 6.10 Å². The number of quaternary nitrogens is 1. The largest absolute Gasteiger partial charge is 0.472 e. The number of nitrogens with zero attached hydrogens (tertiary/aromatic N) is 1. The first-order valence-corrected chi connectivity index (χ1v) is 37.5. The van der Waals surface area contributed by atoms with E-state index in [1.807, 2.05) is 21.1 Å². The summed E-state index contributed by atoms with van der Waals surface area (Å²) in [7, 11) is 1.49. The minimum Gasteiger partial charge on any atom is -0.462 e. The molecule has 2 atom stereocenters. The molecule has 0 aromatic heterocycles. The summed E-state index contributed by atoms with van der Waals surface area (Å²) in [5.41, 5.74) is 0. The van der Waals surface area contributed by atoms with Crippen molar-refractivity contribution >= 4 is 19.8 Å². The molecule has 86 heavy (non-hydrogen) atoms. The fourth-order valence-electron chi connectivity index (χ4n) is 10.2. The first-order chi connectivity index (χ1) is 42.0. The van der Waals surface area contributed by atoms with E-state index in [-0.39, 0.29) is 32.0 Å². The molecule has 10 heteroatoms. The third-order valence-electron chi connectivity index (χ3n) is 15.6. The summed E-state index contributed by atoms with van der Waals surface area (Å²) in [6, 6.07) is 0. The number of rotatable bonds is 66. The lowest BCUT2D eigenvalue weighted by Crippen LogP contribution is -2.37. The number of hydrogen-bond donors (Lipinski definition) is 1. The lowest BCUT2D eigenvalue weighted by molar-refractivity contribution is -0.870. The number of ether oxygens (including phenoxy) is 2. The second-order valence-electron chi connectivity index (χ2n) is 25.2. The minimum atomic E-state index is -4.39. The molecule has 0 saturated heterocycles. The number of hydrogen-bond acceptors (Lipinski definition) is 7. The molecule has 0 aliphatic rings. The van der Waals surface area contributed by atoms with Gasteiger partial charge in [-0.2, -0.15) is 0 Å². The highest BCUT2D eigenvalue weighted by molar-refractivity contribution is 7.47. The van der Waals surface area contributed by atoms with E-state index in [2.05, 4.69) is 111 Å². The van der Waals surface area contributed by atoms with Gasteiger partial charge in [-0.1, -0.05) is 317 Å². The van der Waals surface area contributed by atoms with Gasteiger partial charge in [-0.05, 0) is 89.9 Å². The number of unbranched alkanes of at least 4 members (excludes halogenated alkanes) is 36. The van der Waals surface area contributed by atoms with E-state index >= 15 is 0 Å². The number of esters is 2. The summed E-state index contributed by atoms with van der Waals surface area (Å²) >= 11 is 0. The maximum Gasteiger partial charge on any atom is 0.472 e. The summed E-state index contributed by atoms with van der Waals surface area (Å²) in [6.07, 6.45) is 92.3. The predicted octanol–water partition coefficient (Wildman–Crippen LogP) is 23.5. The normalized spacial score (nSPS) is 13.7. The van der Waals surface area contributed by atoms with Crippen LogP contribution in [0.3, 0.4) is 0 Å². The van der Waals surface area contributed by atoms with E-state index in [1.54, 1.807) is 0 Å². The molecule has 0 aromatic rings. The molecule has 0 aromatic carbocycles. The molecule has 498 valence electrons. The van der Waals surface area contributed by atoms with Crippen LogP contribution in [-0.2, 0) is 32.7 Å². The Hall–Kier alpha value is -3.07. The highest BCUT2D eigenvalue weighted by Gasteiger charge is 2.27. The third kappa shape index (κ3) is 70.0. The second kappa shape index (κ2) is 66.4. The Kier molecular flexibility index (Phi) is 64.0. The first kappa shape index (κ1) is 82.9. The Labute approximate surface area is 532 Å². The van der Waals surface area contributed by atoms with Gasteiger partial charge in [-0.15, -0.1) is 0 Å². The molecule has 0 heterocycles. The molecular formula is C76H137NO8P+. The van der Waals surface area contributed by atoms with Crippen LogP contribution in [0.4, 0.5) is 0 Å². The van der Waals surface area contributed by atoms with Crippen molar-refractivity contribution in [2.75, 3.05) is 47.5 Å². The van der Waals surface area contributed by atoms with E-state index in [0.717, 1.165) is 83.5 Å². The predicted molar refractivity (Wildman–Crippen MR) is 372 cm³/mol. The standard InChI is InChI=1S/C76H136NO8P/c1-6-8-10-12-14-16-18-20-22-24-26-28-30-32-34-36-38-40-42-44-46-48-50-52-54-56-58-60-62-64-66-68-75(78)82-72-74(73-84-86(80,81)83-71-70-77(3,4)5)85-76(79)69-67-65-63-61-59-57-55-53-51-49-47-45-43-41-39-37-35-33-31-29-27-25-23-21-19-17-15-13-11-9-7-2/h8-11,14-17,20-23,26-29,74H,6-7,12-13,18-19,24-25,30-73H2,1-5H3/p+1/b10-8-,11-9-,16-14-,17-15-,22-20-,23-21-,28-26-,29-27-. The number of carbonyl (C=O) groups is 2. The Morgan fingerprint density at radius 1 is 0.360 bits per heavy atom. The molecule has 9 nitrogen and oxygen atoms in total. The van der Waals surface area contributed by atoms with Crippen molar-refractivity contribution in [3.8, 4) is 0 Å². The summed E-state index contributed by atoms with van der Waals surface area (Å²) in [5, 5.41) is 0. The quantitative estimate of drug-likeness (QED) is 0.0211. The van der Waals surface area contributed by atoms with Gasteiger partial charge in [0.25, 0.3) is 0 Å². The molecule has 1 N–H and O–H groups in total. The van der Waals surface area contributed by atoms with Crippen LogP contribution in [0.2, 0.25) is 0 Å². The van der Waals surface area contributed by atoms with Gasteiger partial charge >= 0.3 is 19.8 Å². The Balaban J connectivity index is 4.00. The van der Waals surface area contributed by atoms with Gasteiger partial charge in [0.1, 0.15) is 19.8 Å². The van der Waals surface area contributed by atoms with Crippen LogP contribution in [-0.4, -0.2) is 74.9 Å². The molecule has 0 amide bonds. The van der Waals surface area contributed by atoms with Gasteiger partial charge in [0.2, 0.25) is 0 Å². The second-order valence-corrected chi connectivity index (χ2v) is 26.7. The van der Waals surface area contributed by atoms with Crippen molar-refractivity contribution in [2.45, 2.75) is 328 Å². The van der Waals surface area contributed by atoms with Gasteiger partial charge < -0.3 is 18.9 Å². The number of phosphoric ester groups is 1. The molecule has 0 aliphatic heterocycles. The lowest BCUT2D eigenvalue weighted by Gasteiger charge is -2.24. The molecular weight excluding hydrogens is 1090 g/mol. The molecule has 0 spiro atoms. The number of allylic oxidation sites excluding steroid dienone is 16. The van der Waals surface area contributed by atoms with Crippen LogP contribution in [0.1, 0.15) is 322 Å². The average molecular weight is 1220 g/mol. The Morgan fingerprint density at radius 2 is 0.628 bits per heavy atom. The average Bonchev–Trinajstić information content (AvgIpc) is 3.64. The van der Waals surface area contributed by atoms with Gasteiger partial charge in [-0.25, -0.2) is 4.57 Å². The van der Waals surface area contributed by atoms with Gasteiger partial charge in [0, 0.05) is 12.8 Å². The first-order valence-electron chi connectivity index (χ1n) is 36.0. The minimum absolute atomic E-state index is 0.0309. The molecule has 0 radical (unpaired) electrons. The highest BCUT2D eigenvalue weighted by atomic mass is 31.2. The maximum atomic E-state index is 12.9. The van der Waals surface area contributed by atoms with Crippen LogP contribution >= 0.6 is 7.82 Å². The summed E-state index contributed by atoms with van der Waals surface area (Å²) in [4.78, 5) is 35.9. The molecule has 0 fully saturated rings. The number of carbonyl (C=O) groups excluding carboxylic acids is 2. The van der Waals surface area contributed by atoms with Crippen molar-refractivity contribution in [2.24, 2.45) is 0 Å². The van der Waals surface area contributed by atoms with E-state index < -0.39 is 26.5 Å². The molecule has 2 unspecified atom stereocenters. The van der Waals surface area contributed by atoms with Crippen molar-refractivity contribution in [1.82, 2.24) is 0 Å². The third-order valence-corrected chi connectivity index (χ3v) is 16.6. The fourth-order valence-corrected chi connectivity index (χ4v) is 10.9. The SMILES string of the molecule is CC/C=C\C/C=C\C/C=C\C/C=C\CCCCCCCCCCCCCCCCCCCCC(=O)OCC(COP(=O)(O)OCC[N+](C)(C)C)OC(=O)CCCCCCCCCCCCCCCCCCCC/C=C\C/C=C\C/C=C\C/C=C\CC. The van der Waals surface area contributed by atoms with Crippen LogP contribution in [0.5, 0.6) is 0 Å². The zero-order valence-electron chi connectivity index (χ0n) is 56.8. The van der Waals surface area contributed by atoms with Crippen molar-refractivity contribution < 1.29 is 42.1 Å². The monoisotopic (exact) mass is 1220 g/mol. The van der Waals surface area contributed by atoms with Crippen molar-refractivity contribution in [1.29, 1.82) is 0 Å². The molecule has 0 bridgehead atoms. The number of likely N-dealkylation sites (N-methyl/N-ethyl adjacent to an activating group) is 1. The zero-order valence-corrected chi connectivity index (χ0v) is 57.7. The van der Waals surface area contributed by atoms with E-state index in [1.165, 1.54) is 205 Å². The Morgan fingerprint density at radius 3 is 0.930 bits per heavy atom. The smallest absolute Gasteiger partial charge is 0.462 e. The van der Waals surface area contributed by atoms with Gasteiger partial charge in [0.05, 0.1) is 27.7 Å². The van der Waals surface area contributed by atoms with Gasteiger partial charge in [-0.3, -0.25) is 18.6 Å². The van der Waals surface area contributed by atoms with Crippen molar-refractivity contribution in [3.05, 3.63) is 97.2 Å². The van der Waals surface area contributed by atoms with E-state index in [4.69, 9.17) is 18.5 Å². The van der Waals surface area contributed by atoms with Crippen molar-refractivity contribution in [3.63, 3.8) is 0 Å². The summed E-state index contributed by atoms with van der Waals surface area (Å²) in [6.45, 7) is 4.25. The summed E-state index contributed by atoms with van der Waals surface area (Å²) < 4.78 is 34.8. The Bertz CT molecular complexity index is 1770.